The van der Waals surface area contributed by atoms with Gasteiger partial charge in [0.15, 0.2) is 0 Å². The van der Waals surface area contributed by atoms with Gasteiger partial charge in [-0.15, -0.1) is 0 Å². The van der Waals surface area contributed by atoms with Crippen LogP contribution in [0.5, 0.6) is 11.8 Å². The molecule has 1 saturated heterocycles. The molecule has 8 heteroatoms. The van der Waals surface area contributed by atoms with Gasteiger partial charge in [-0.3, -0.25) is 5.41 Å². The summed E-state index contributed by atoms with van der Waals surface area (Å²) in [4.78, 5) is 21.4. The van der Waals surface area contributed by atoms with Crippen molar-refractivity contribution in [3.8, 4) is 11.8 Å². The lowest BCUT2D eigenvalue weighted by molar-refractivity contribution is 0.0600. The minimum Gasteiger partial charge on any atom is -0.490 e. The van der Waals surface area contributed by atoms with E-state index < -0.39 is 0 Å². The Balaban J connectivity index is 1.38. The predicted octanol–water partition coefficient (Wildman–Crippen LogP) is 3.77. The van der Waals surface area contributed by atoms with Crippen molar-refractivity contribution in [2.75, 3.05) is 20.2 Å². The van der Waals surface area contributed by atoms with Crippen LogP contribution in [-0.4, -0.2) is 53.0 Å². The summed E-state index contributed by atoms with van der Waals surface area (Å²) in [6, 6.07) is 13.3. The molecule has 0 unspecified atom stereocenters. The van der Waals surface area contributed by atoms with Crippen LogP contribution in [0.3, 0.4) is 0 Å². The van der Waals surface area contributed by atoms with Gasteiger partial charge in [-0.1, -0.05) is 12.1 Å². The van der Waals surface area contributed by atoms with Crippen LogP contribution >= 0.6 is 0 Å². The Hall–Kier alpha value is -3.55. The number of hydrogen-bond acceptors (Lipinski definition) is 6. The third kappa shape index (κ3) is 4.96. The number of carbonyl (C=O) groups excluding carboxylic acids is 1. The number of aromatic nitrogens is 2. The number of methoxy groups -OCH3 is 1. The minimum atomic E-state index is -0.378. The monoisotopic (exact) mass is 422 g/mol. The van der Waals surface area contributed by atoms with E-state index in [1.807, 2.05) is 31.2 Å². The van der Waals surface area contributed by atoms with Gasteiger partial charge in [0.05, 0.1) is 29.5 Å². The highest BCUT2D eigenvalue weighted by molar-refractivity contribution is 5.89. The first kappa shape index (κ1) is 20.7. The Bertz CT molecular complexity index is 1090. The van der Waals surface area contributed by atoms with Crippen molar-refractivity contribution < 1.29 is 19.0 Å². The molecule has 162 valence electrons. The molecule has 8 nitrogen and oxygen atoms in total. The van der Waals surface area contributed by atoms with E-state index in [4.69, 9.17) is 19.6 Å². The summed E-state index contributed by atoms with van der Waals surface area (Å²) in [6.07, 6.45) is 1.95. The van der Waals surface area contributed by atoms with Crippen molar-refractivity contribution in [3.63, 3.8) is 0 Å². The van der Waals surface area contributed by atoms with Gasteiger partial charge in [-0.25, -0.2) is 4.79 Å². The van der Waals surface area contributed by atoms with Gasteiger partial charge in [0, 0.05) is 32.0 Å². The molecule has 0 bridgehead atoms. The summed E-state index contributed by atoms with van der Waals surface area (Å²) in [5.41, 5.74) is 2.96. The number of imidazole rings is 1. The summed E-state index contributed by atoms with van der Waals surface area (Å²) in [5, 5.41) is 7.74. The molecule has 0 atom stereocenters. The van der Waals surface area contributed by atoms with Gasteiger partial charge in [-0.2, -0.15) is 4.98 Å². The average molecular weight is 422 g/mol. The fraction of sp³-hybridized carbons (Fsp3) is 0.348. The van der Waals surface area contributed by atoms with E-state index >= 15 is 0 Å². The van der Waals surface area contributed by atoms with Crippen LogP contribution < -0.4 is 9.47 Å². The van der Waals surface area contributed by atoms with Crippen LogP contribution in [0.15, 0.2) is 42.5 Å². The first-order valence-corrected chi connectivity index (χ1v) is 10.3. The number of fused-ring (bicyclic) bond motifs is 1. The second-order valence-corrected chi connectivity index (χ2v) is 7.59. The molecule has 1 aromatic heterocycles. The number of H-pyrrole nitrogens is 1. The average Bonchev–Trinajstić information content (AvgIpc) is 3.20. The van der Waals surface area contributed by atoms with Crippen molar-refractivity contribution in [2.24, 2.45) is 0 Å². The normalized spacial score (nSPS) is 14.5. The van der Waals surface area contributed by atoms with E-state index in [9.17, 15) is 4.79 Å². The highest BCUT2D eigenvalue weighted by Gasteiger charge is 2.21. The lowest BCUT2D eigenvalue weighted by Crippen LogP contribution is -2.40. The SMILES string of the molecule is COC(=O)c1cccc(COc2nc3ccc(OC4CCN(C(C)=N)CC4)cc3[nH]2)c1. The molecule has 0 saturated carbocycles. The van der Waals surface area contributed by atoms with Crippen LogP contribution in [-0.2, 0) is 11.3 Å². The summed E-state index contributed by atoms with van der Waals surface area (Å²) < 4.78 is 16.7. The molecular formula is C23H26N4O4. The number of piperidine rings is 1. The lowest BCUT2D eigenvalue weighted by Gasteiger charge is -2.32. The van der Waals surface area contributed by atoms with Gasteiger partial charge >= 0.3 is 5.97 Å². The van der Waals surface area contributed by atoms with E-state index in [2.05, 4.69) is 14.9 Å². The van der Waals surface area contributed by atoms with Gasteiger partial charge in [-0.05, 0) is 36.8 Å². The molecule has 31 heavy (non-hydrogen) atoms. The number of carbonyl (C=O) groups is 1. The number of aromatic amines is 1. The molecule has 0 spiro atoms. The van der Waals surface area contributed by atoms with Crippen molar-refractivity contribution in [2.45, 2.75) is 32.5 Å². The number of benzene rings is 2. The maximum atomic E-state index is 11.7. The van der Waals surface area contributed by atoms with Crippen molar-refractivity contribution in [3.05, 3.63) is 53.6 Å². The van der Waals surface area contributed by atoms with E-state index in [1.54, 1.807) is 18.2 Å². The molecule has 1 fully saturated rings. The molecule has 2 heterocycles. The molecule has 2 aromatic carbocycles. The number of nitrogens with zero attached hydrogens (tertiary/aromatic N) is 2. The zero-order valence-electron chi connectivity index (χ0n) is 17.7. The smallest absolute Gasteiger partial charge is 0.337 e. The van der Waals surface area contributed by atoms with Crippen LogP contribution in [0.25, 0.3) is 11.0 Å². The van der Waals surface area contributed by atoms with Crippen LogP contribution in [0, 0.1) is 5.41 Å². The second-order valence-electron chi connectivity index (χ2n) is 7.59. The Morgan fingerprint density at radius 1 is 1.23 bits per heavy atom. The molecule has 4 rings (SSSR count). The summed E-state index contributed by atoms with van der Waals surface area (Å²) in [7, 11) is 1.36. The molecule has 1 aliphatic heterocycles. The van der Waals surface area contributed by atoms with E-state index in [1.165, 1.54) is 7.11 Å². The van der Waals surface area contributed by atoms with E-state index in [-0.39, 0.29) is 18.7 Å². The third-order valence-electron chi connectivity index (χ3n) is 5.37. The summed E-state index contributed by atoms with van der Waals surface area (Å²) >= 11 is 0. The predicted molar refractivity (Wildman–Crippen MR) is 117 cm³/mol. The molecule has 1 aliphatic rings. The minimum absolute atomic E-state index is 0.147. The van der Waals surface area contributed by atoms with E-state index in [0.717, 1.165) is 48.3 Å². The number of rotatable bonds is 6. The first-order valence-electron chi connectivity index (χ1n) is 10.3. The van der Waals surface area contributed by atoms with Gasteiger partial charge in [0.25, 0.3) is 6.01 Å². The van der Waals surface area contributed by atoms with E-state index in [0.29, 0.717) is 17.4 Å². The Morgan fingerprint density at radius 3 is 2.77 bits per heavy atom. The quantitative estimate of drug-likeness (QED) is 0.356. The van der Waals surface area contributed by atoms with Crippen LogP contribution in [0.2, 0.25) is 0 Å². The Kier molecular flexibility index (Phi) is 6.06. The van der Waals surface area contributed by atoms with Crippen molar-refractivity contribution in [1.82, 2.24) is 14.9 Å². The van der Waals surface area contributed by atoms with Gasteiger partial charge in [0.1, 0.15) is 18.5 Å². The summed E-state index contributed by atoms with van der Waals surface area (Å²) in [6.45, 7) is 3.80. The fourth-order valence-electron chi connectivity index (χ4n) is 3.67. The highest BCUT2D eigenvalue weighted by Crippen LogP contribution is 2.25. The Labute approximate surface area is 180 Å². The Morgan fingerprint density at radius 2 is 2.03 bits per heavy atom. The van der Waals surface area contributed by atoms with Gasteiger partial charge < -0.3 is 24.1 Å². The number of esters is 1. The maximum absolute atomic E-state index is 11.7. The first-order chi connectivity index (χ1) is 15.0. The number of amidine groups is 1. The molecule has 0 amide bonds. The molecule has 0 aliphatic carbocycles. The number of hydrogen-bond donors (Lipinski definition) is 2. The zero-order valence-corrected chi connectivity index (χ0v) is 17.7. The zero-order chi connectivity index (χ0) is 21.8. The number of likely N-dealkylation sites (tertiary alicyclic amines) is 1. The largest absolute Gasteiger partial charge is 0.490 e. The van der Waals surface area contributed by atoms with Crippen LogP contribution in [0.4, 0.5) is 0 Å². The maximum Gasteiger partial charge on any atom is 0.337 e. The molecule has 3 aromatic rings. The standard InChI is InChI=1S/C23H26N4O4/c1-15(24)27-10-8-18(9-11-27)31-19-6-7-20-21(13-19)26-23(25-20)30-14-16-4-3-5-17(12-16)22(28)29-2/h3-7,12-13,18,24H,8-11,14H2,1-2H3,(H,25,26). The van der Waals surface area contributed by atoms with Crippen molar-refractivity contribution >= 4 is 22.8 Å². The van der Waals surface area contributed by atoms with Crippen molar-refractivity contribution in [1.29, 1.82) is 5.41 Å². The topological polar surface area (TPSA) is 101 Å². The molecule has 0 radical (unpaired) electrons. The molecular weight excluding hydrogens is 396 g/mol. The number of ether oxygens (including phenoxy) is 3. The number of nitrogens with one attached hydrogen (secondary N) is 2. The van der Waals surface area contributed by atoms with Crippen LogP contribution in [0.1, 0.15) is 35.7 Å². The third-order valence-corrected chi connectivity index (χ3v) is 5.37. The highest BCUT2D eigenvalue weighted by atomic mass is 16.5. The second kappa shape index (κ2) is 9.07. The lowest BCUT2D eigenvalue weighted by atomic mass is 10.1. The fourth-order valence-corrected chi connectivity index (χ4v) is 3.67. The summed E-state index contributed by atoms with van der Waals surface area (Å²) in [5.74, 6) is 1.03. The van der Waals surface area contributed by atoms with Gasteiger partial charge in [0.2, 0.25) is 0 Å². The molecule has 2 N–H and O–H groups in total.